The van der Waals surface area contributed by atoms with Crippen LogP contribution in [0.5, 0.6) is 0 Å². The van der Waals surface area contributed by atoms with Gasteiger partial charge >= 0.3 is 0 Å². The Balaban J connectivity index is 1.55. The van der Waals surface area contributed by atoms with Crippen LogP contribution in [0.25, 0.3) is 11.4 Å². The SMILES string of the molecule is Cc1cccn2c(C)c(/C(O)=C3\C(=O)C(=O)N(CCCN4CCOCC4)C3c3cccc(Br)c3)nc12. The number of carbonyl (C=O) groups is 2. The quantitative estimate of drug-likeness (QED) is 0.284. The van der Waals surface area contributed by atoms with Crippen LogP contribution in [0.4, 0.5) is 0 Å². The molecule has 8 nitrogen and oxygen atoms in total. The Hall–Kier alpha value is -3.01. The summed E-state index contributed by atoms with van der Waals surface area (Å²) in [5.74, 6) is -1.52. The number of benzene rings is 1. The molecular formula is C27H29BrN4O4. The van der Waals surface area contributed by atoms with Crippen molar-refractivity contribution in [3.8, 4) is 0 Å². The molecule has 4 heterocycles. The van der Waals surface area contributed by atoms with Crippen molar-refractivity contribution in [2.24, 2.45) is 0 Å². The Labute approximate surface area is 218 Å². The summed E-state index contributed by atoms with van der Waals surface area (Å²) in [6.45, 7) is 8.14. The smallest absolute Gasteiger partial charge is 0.295 e. The minimum atomic E-state index is -0.697. The number of nitrogens with zero attached hydrogens (tertiary/aromatic N) is 4. The predicted octanol–water partition coefficient (Wildman–Crippen LogP) is 3.86. The molecule has 2 aliphatic heterocycles. The highest BCUT2D eigenvalue weighted by Crippen LogP contribution is 2.40. The van der Waals surface area contributed by atoms with Gasteiger partial charge in [-0.05, 0) is 49.6 Å². The van der Waals surface area contributed by atoms with E-state index < -0.39 is 17.7 Å². The summed E-state index contributed by atoms with van der Waals surface area (Å²) in [5.41, 5.74) is 3.51. The van der Waals surface area contributed by atoms with Crippen LogP contribution in [0.2, 0.25) is 0 Å². The van der Waals surface area contributed by atoms with Crippen LogP contribution >= 0.6 is 15.9 Å². The largest absolute Gasteiger partial charge is 0.505 e. The molecule has 1 amide bonds. The fraction of sp³-hybridized carbons (Fsp3) is 0.370. The van der Waals surface area contributed by atoms with E-state index in [4.69, 9.17) is 4.74 Å². The van der Waals surface area contributed by atoms with Gasteiger partial charge in [0, 0.05) is 36.8 Å². The fourth-order valence-corrected chi connectivity index (χ4v) is 5.51. The average molecular weight is 553 g/mol. The molecule has 0 saturated carbocycles. The molecule has 3 aromatic rings. The first kappa shape index (κ1) is 24.7. The van der Waals surface area contributed by atoms with Gasteiger partial charge in [-0.25, -0.2) is 4.98 Å². The normalized spacial score (nSPS) is 20.5. The Morgan fingerprint density at radius 1 is 1.14 bits per heavy atom. The fourth-order valence-electron chi connectivity index (χ4n) is 5.10. The lowest BCUT2D eigenvalue weighted by Crippen LogP contribution is -2.38. The highest BCUT2D eigenvalue weighted by atomic mass is 79.9. The minimum Gasteiger partial charge on any atom is -0.505 e. The zero-order chi connectivity index (χ0) is 25.4. The monoisotopic (exact) mass is 552 g/mol. The van der Waals surface area contributed by atoms with Crippen molar-refractivity contribution in [3.05, 3.63) is 75.2 Å². The number of ketones is 1. The highest BCUT2D eigenvalue weighted by molar-refractivity contribution is 9.10. The molecule has 1 atom stereocenters. The van der Waals surface area contributed by atoms with Crippen molar-refractivity contribution in [2.75, 3.05) is 39.4 Å². The molecule has 2 saturated heterocycles. The van der Waals surface area contributed by atoms with Crippen LogP contribution in [-0.2, 0) is 14.3 Å². The van der Waals surface area contributed by atoms with Crippen LogP contribution in [0.3, 0.4) is 0 Å². The van der Waals surface area contributed by atoms with E-state index in [1.54, 1.807) is 4.90 Å². The first-order chi connectivity index (χ1) is 17.4. The number of imidazole rings is 1. The number of pyridine rings is 1. The number of Topliss-reactive ketones (excluding diaryl/α,β-unsaturated/α-hetero) is 1. The molecule has 1 aromatic carbocycles. The zero-order valence-corrected chi connectivity index (χ0v) is 22.0. The average Bonchev–Trinajstić information content (AvgIpc) is 3.34. The summed E-state index contributed by atoms with van der Waals surface area (Å²) >= 11 is 3.51. The van der Waals surface area contributed by atoms with Crippen LogP contribution in [0.15, 0.2) is 52.6 Å². The molecule has 188 valence electrons. The summed E-state index contributed by atoms with van der Waals surface area (Å²) in [6, 6.07) is 10.7. The summed E-state index contributed by atoms with van der Waals surface area (Å²) in [6.07, 6.45) is 2.58. The van der Waals surface area contributed by atoms with Crippen molar-refractivity contribution in [1.82, 2.24) is 19.2 Å². The lowest BCUT2D eigenvalue weighted by Gasteiger charge is -2.29. The van der Waals surface area contributed by atoms with E-state index in [0.717, 1.165) is 35.2 Å². The number of amides is 1. The summed E-state index contributed by atoms with van der Waals surface area (Å²) < 4.78 is 8.14. The van der Waals surface area contributed by atoms with Gasteiger partial charge in [0.15, 0.2) is 5.76 Å². The molecule has 0 aliphatic carbocycles. The van der Waals surface area contributed by atoms with Crippen molar-refractivity contribution in [3.63, 3.8) is 0 Å². The molecule has 0 spiro atoms. The van der Waals surface area contributed by atoms with Gasteiger partial charge in [0.1, 0.15) is 11.3 Å². The molecule has 1 unspecified atom stereocenters. The van der Waals surface area contributed by atoms with Crippen LogP contribution in [-0.4, -0.2) is 75.4 Å². The number of halogens is 1. The lowest BCUT2D eigenvalue weighted by atomic mass is 9.96. The third-order valence-corrected chi connectivity index (χ3v) is 7.48. The molecule has 9 heteroatoms. The van der Waals surface area contributed by atoms with Gasteiger partial charge in [0.2, 0.25) is 0 Å². The molecule has 36 heavy (non-hydrogen) atoms. The summed E-state index contributed by atoms with van der Waals surface area (Å²) in [5, 5.41) is 11.5. The van der Waals surface area contributed by atoms with Crippen LogP contribution in [0.1, 0.15) is 35.0 Å². The number of aromatic nitrogens is 2. The lowest BCUT2D eigenvalue weighted by molar-refractivity contribution is -0.140. The molecule has 2 aliphatic rings. The number of hydrogen-bond acceptors (Lipinski definition) is 6. The van der Waals surface area contributed by atoms with Crippen LogP contribution in [0, 0.1) is 13.8 Å². The zero-order valence-electron chi connectivity index (χ0n) is 20.4. The van der Waals surface area contributed by atoms with E-state index in [1.807, 2.05) is 60.8 Å². The van der Waals surface area contributed by atoms with E-state index in [9.17, 15) is 14.7 Å². The van der Waals surface area contributed by atoms with Crippen molar-refractivity contribution in [2.45, 2.75) is 26.3 Å². The number of aryl methyl sites for hydroxylation is 2. The maximum absolute atomic E-state index is 13.4. The predicted molar refractivity (Wildman–Crippen MR) is 140 cm³/mol. The Kier molecular flexibility index (Phi) is 6.96. The van der Waals surface area contributed by atoms with Crippen molar-refractivity contribution >= 4 is 39.0 Å². The molecule has 2 aromatic heterocycles. The molecule has 2 fully saturated rings. The molecule has 0 radical (unpaired) electrons. The number of rotatable bonds is 6. The topological polar surface area (TPSA) is 87.4 Å². The number of morpholine rings is 1. The Morgan fingerprint density at radius 2 is 1.92 bits per heavy atom. The van der Waals surface area contributed by atoms with Crippen LogP contribution < -0.4 is 0 Å². The Bertz CT molecular complexity index is 1360. The van der Waals surface area contributed by atoms with E-state index in [1.165, 1.54) is 0 Å². The minimum absolute atomic E-state index is 0.0774. The van der Waals surface area contributed by atoms with Gasteiger partial charge in [-0.2, -0.15) is 0 Å². The first-order valence-electron chi connectivity index (χ1n) is 12.2. The number of aliphatic hydroxyl groups excluding tert-OH is 1. The van der Waals surface area contributed by atoms with Crippen molar-refractivity contribution in [1.29, 1.82) is 0 Å². The molecule has 1 N–H and O–H groups in total. The standard InChI is InChI=1S/C27H29BrN4O4/c1-17-6-4-10-31-18(2)22(29-26(17)31)24(33)21-23(19-7-3-8-20(28)16-19)32(27(35)25(21)34)11-5-9-30-12-14-36-15-13-30/h3-4,6-8,10,16,23,33H,5,9,11-15H2,1-2H3/b24-21+. The third-order valence-electron chi connectivity index (χ3n) is 6.99. The summed E-state index contributed by atoms with van der Waals surface area (Å²) in [4.78, 5) is 35.2. The van der Waals surface area contributed by atoms with Gasteiger partial charge in [0.25, 0.3) is 11.7 Å². The first-order valence-corrected chi connectivity index (χ1v) is 12.9. The van der Waals surface area contributed by atoms with E-state index in [-0.39, 0.29) is 11.3 Å². The number of likely N-dealkylation sites (tertiary alicyclic amines) is 1. The number of aliphatic hydroxyl groups is 1. The maximum Gasteiger partial charge on any atom is 0.295 e. The molecule has 0 bridgehead atoms. The Morgan fingerprint density at radius 3 is 2.64 bits per heavy atom. The second-order valence-corrected chi connectivity index (χ2v) is 10.2. The van der Waals surface area contributed by atoms with Gasteiger partial charge in [-0.3, -0.25) is 14.5 Å². The van der Waals surface area contributed by atoms with E-state index in [0.29, 0.717) is 43.2 Å². The van der Waals surface area contributed by atoms with E-state index >= 15 is 0 Å². The number of hydrogen-bond donors (Lipinski definition) is 1. The number of carbonyl (C=O) groups excluding carboxylic acids is 2. The second kappa shape index (κ2) is 10.2. The van der Waals surface area contributed by atoms with Gasteiger partial charge in [-0.15, -0.1) is 0 Å². The van der Waals surface area contributed by atoms with Gasteiger partial charge in [-0.1, -0.05) is 34.1 Å². The third kappa shape index (κ3) is 4.47. The number of ether oxygens (including phenoxy) is 1. The summed E-state index contributed by atoms with van der Waals surface area (Å²) in [7, 11) is 0. The molecular weight excluding hydrogens is 524 g/mol. The number of fused-ring (bicyclic) bond motifs is 1. The van der Waals surface area contributed by atoms with Gasteiger partial charge in [0.05, 0.1) is 30.5 Å². The van der Waals surface area contributed by atoms with Crippen molar-refractivity contribution < 1.29 is 19.4 Å². The van der Waals surface area contributed by atoms with E-state index in [2.05, 4.69) is 25.8 Å². The molecule has 5 rings (SSSR count). The highest BCUT2D eigenvalue weighted by Gasteiger charge is 2.46. The van der Waals surface area contributed by atoms with Gasteiger partial charge < -0.3 is 19.1 Å². The maximum atomic E-state index is 13.4. The second-order valence-electron chi connectivity index (χ2n) is 9.29.